The van der Waals surface area contributed by atoms with Crippen molar-refractivity contribution in [3.05, 3.63) is 59.4 Å². The number of aryl methyl sites for hydroxylation is 1. The Kier molecular flexibility index (Phi) is 17.6. The predicted molar refractivity (Wildman–Crippen MR) is 150 cm³/mol. The van der Waals surface area contributed by atoms with Gasteiger partial charge >= 0.3 is 12.4 Å². The van der Waals surface area contributed by atoms with Crippen molar-refractivity contribution in [2.45, 2.75) is 56.5 Å². The number of aliphatic hydroxyl groups is 1. The van der Waals surface area contributed by atoms with Gasteiger partial charge in [0.1, 0.15) is 5.82 Å². The van der Waals surface area contributed by atoms with Gasteiger partial charge in [0, 0.05) is 19.0 Å². The fourth-order valence-corrected chi connectivity index (χ4v) is 4.61. The van der Waals surface area contributed by atoms with Gasteiger partial charge in [0.05, 0.1) is 17.1 Å². The molecule has 2 aromatic carbocycles. The highest BCUT2D eigenvalue weighted by atomic mass is 32.2. The van der Waals surface area contributed by atoms with E-state index in [1.165, 1.54) is 23.4 Å². The van der Waals surface area contributed by atoms with Crippen LogP contribution in [0.4, 0.5) is 36.4 Å². The minimum atomic E-state index is -5.98. The molecule has 0 saturated heterocycles. The maximum atomic E-state index is 13.1. The maximum absolute atomic E-state index is 13.1. The molecule has 238 valence electrons. The topological polar surface area (TPSA) is 113 Å². The molecule has 0 bridgehead atoms. The van der Waals surface area contributed by atoms with Crippen LogP contribution in [0.25, 0.3) is 0 Å². The first-order valence-electron chi connectivity index (χ1n) is 12.1. The van der Waals surface area contributed by atoms with Crippen LogP contribution < -0.4 is 15.4 Å². The van der Waals surface area contributed by atoms with Gasteiger partial charge in [-0.15, -0.1) is 25.7 Å². The zero-order valence-electron chi connectivity index (χ0n) is 23.4. The molecule has 0 aliphatic carbocycles. The van der Waals surface area contributed by atoms with Gasteiger partial charge in [0.25, 0.3) is 5.60 Å². The van der Waals surface area contributed by atoms with E-state index in [-0.39, 0.29) is 41.6 Å². The Morgan fingerprint density at radius 1 is 0.977 bits per heavy atom. The Hall–Kier alpha value is -4.08. The molecule has 15 heteroatoms. The number of benzene rings is 2. The number of anilines is 1. The third kappa shape index (κ3) is 11.3. The monoisotopic (exact) mass is 639 g/mol. The van der Waals surface area contributed by atoms with Crippen LogP contribution in [0.1, 0.15) is 38.3 Å². The lowest BCUT2D eigenvalue weighted by molar-refractivity contribution is -0.376. The number of carbonyl (C=O) groups is 2. The molecule has 1 atom stereocenters. The van der Waals surface area contributed by atoms with Gasteiger partial charge in [-0.3, -0.25) is 13.9 Å². The Morgan fingerprint density at radius 2 is 1.47 bits per heavy atom. The first-order valence-corrected chi connectivity index (χ1v) is 13.2. The summed E-state index contributed by atoms with van der Waals surface area (Å²) in [5, 5.41) is 11.8. The Bertz CT molecular complexity index is 1210. The van der Waals surface area contributed by atoms with Gasteiger partial charge in [-0.05, 0) is 48.7 Å². The molecule has 3 rings (SSSR count). The molecule has 1 unspecified atom stereocenters. The lowest BCUT2D eigenvalue weighted by Gasteiger charge is -2.35. The lowest BCUT2D eigenvalue weighted by Crippen LogP contribution is -2.54. The van der Waals surface area contributed by atoms with Crippen LogP contribution in [0.2, 0.25) is 0 Å². The fourth-order valence-electron chi connectivity index (χ4n) is 3.34. The summed E-state index contributed by atoms with van der Waals surface area (Å²) in [4.78, 5) is 20.2. The number of nitrogens with two attached hydrogens (primary N) is 1. The maximum Gasteiger partial charge on any atom is 0.430 e. The minimum absolute atomic E-state index is 0.0741. The third-order valence-electron chi connectivity index (χ3n) is 5.12. The average molecular weight is 640 g/mol. The van der Waals surface area contributed by atoms with Crippen LogP contribution >= 0.6 is 0 Å². The van der Waals surface area contributed by atoms with Crippen molar-refractivity contribution < 1.29 is 49.6 Å². The second kappa shape index (κ2) is 18.5. The Labute approximate surface area is 248 Å². The molecule has 0 saturated carbocycles. The Morgan fingerprint density at radius 3 is 1.86 bits per heavy atom. The number of alkyl halides is 6. The highest BCUT2D eigenvalue weighted by Crippen LogP contribution is 2.50. The zero-order valence-corrected chi connectivity index (χ0v) is 24.2. The number of nitrogens with one attached hydrogen (secondary N) is 1. The highest BCUT2D eigenvalue weighted by Gasteiger charge is 2.71. The second-order valence-corrected chi connectivity index (χ2v) is 9.24. The quantitative estimate of drug-likeness (QED) is 0.324. The van der Waals surface area contributed by atoms with Gasteiger partial charge in [-0.1, -0.05) is 26.0 Å². The number of fused-ring (bicyclic) bond motifs is 1. The normalized spacial score (nSPS) is 12.9. The van der Waals surface area contributed by atoms with Crippen LogP contribution in [0.5, 0.6) is 0 Å². The molecule has 43 heavy (non-hydrogen) atoms. The van der Waals surface area contributed by atoms with E-state index in [1.807, 2.05) is 13.8 Å². The fraction of sp³-hybridized carbons (Fsp3) is 0.357. The average Bonchev–Trinajstić information content (AvgIpc) is 2.97. The van der Waals surface area contributed by atoms with E-state index < -0.39 is 46.2 Å². The van der Waals surface area contributed by atoms with Crippen molar-refractivity contribution in [1.82, 2.24) is 5.32 Å². The van der Waals surface area contributed by atoms with Crippen molar-refractivity contribution in [3.8, 4) is 25.7 Å². The lowest BCUT2D eigenvalue weighted by atomic mass is 9.89. The van der Waals surface area contributed by atoms with E-state index in [1.54, 1.807) is 0 Å². The number of terminal acetylenes is 2. The molecule has 0 fully saturated rings. The summed E-state index contributed by atoms with van der Waals surface area (Å²) in [6.07, 6.45) is 4.50. The molecule has 1 heterocycles. The largest absolute Gasteiger partial charge is 0.430 e. The van der Waals surface area contributed by atoms with Crippen LogP contribution in [-0.4, -0.2) is 46.6 Å². The van der Waals surface area contributed by atoms with Gasteiger partial charge in [0.2, 0.25) is 11.8 Å². The van der Waals surface area contributed by atoms with E-state index in [0.717, 1.165) is 18.2 Å². The number of nitrogens with zero attached hydrogens (tertiary/aromatic N) is 1. The summed E-state index contributed by atoms with van der Waals surface area (Å²) in [6, 6.07) is 6.89. The van der Waals surface area contributed by atoms with Gasteiger partial charge in [-0.25, -0.2) is 8.60 Å². The smallest absolute Gasteiger partial charge is 0.369 e. The molecule has 7 nitrogen and oxygen atoms in total. The van der Waals surface area contributed by atoms with Crippen LogP contribution in [0.15, 0.2) is 47.4 Å². The number of carbonyl (C=O) groups excluding carboxylic acids is 2. The van der Waals surface area contributed by atoms with Crippen LogP contribution in [0.3, 0.4) is 0 Å². The summed E-state index contributed by atoms with van der Waals surface area (Å²) < 4.78 is 106. The zero-order chi connectivity index (χ0) is 34.2. The summed E-state index contributed by atoms with van der Waals surface area (Å²) in [7, 11) is -1.84. The van der Waals surface area contributed by atoms with E-state index >= 15 is 0 Å². The van der Waals surface area contributed by atoms with Gasteiger partial charge in [-0.2, -0.15) is 26.3 Å². The molecule has 2 aromatic rings. The second-order valence-electron chi connectivity index (χ2n) is 7.83. The molecule has 4 N–H and O–H groups in total. The first-order chi connectivity index (χ1) is 20.0. The molecule has 1 aliphatic rings. The van der Waals surface area contributed by atoms with Crippen LogP contribution in [-0.2, 0) is 32.6 Å². The van der Waals surface area contributed by atoms with Crippen LogP contribution in [0, 0.1) is 31.5 Å². The number of hydrogen-bond donors (Lipinski definition) is 3. The standard InChI is InChI=1S/C18H14F7NO2S.C4H8N2O2.C2H6.2C2H2/c19-13-4-6-14(7-5-13)29(28)26-9-1-2-11-10-12(3-8-15(11)26)16(27,17(20,21)22)18(23,24)25;1-3(7)6-2-4(5)8;3*1-2/h3-8,10,27H,1-2,9H2;2H2,1H3,(H2,5,8)(H,6,7);1-2H3;2*1-2H. The third-order valence-corrected chi connectivity index (χ3v) is 6.58. The van der Waals surface area contributed by atoms with E-state index in [4.69, 9.17) is 0 Å². The number of halogens is 7. The summed E-state index contributed by atoms with van der Waals surface area (Å²) >= 11 is 0. The number of hydrogen-bond acceptors (Lipinski definition) is 4. The van der Waals surface area contributed by atoms with Crippen molar-refractivity contribution >= 4 is 28.5 Å². The summed E-state index contributed by atoms with van der Waals surface area (Å²) in [6.45, 7) is 5.48. The minimum Gasteiger partial charge on any atom is -0.369 e. The van der Waals surface area contributed by atoms with Gasteiger partial charge in [0.15, 0.2) is 11.0 Å². The van der Waals surface area contributed by atoms with Crippen molar-refractivity contribution in [1.29, 1.82) is 0 Å². The highest BCUT2D eigenvalue weighted by molar-refractivity contribution is 7.86. The molecule has 0 aromatic heterocycles. The SMILES string of the molecule is C#C.C#C.CC.CC(=O)NCC(N)=O.O=S(c1ccc(F)cc1)N1CCCc2cc(C(O)(C(F)(F)F)C(F)(F)F)ccc21. The number of rotatable bonds is 5. The van der Waals surface area contributed by atoms with Crippen molar-refractivity contribution in [2.24, 2.45) is 5.73 Å². The summed E-state index contributed by atoms with van der Waals surface area (Å²) in [5.74, 6) is -1.32. The molecule has 1 aliphatic heterocycles. The molecular weight excluding hydrogens is 607 g/mol. The van der Waals surface area contributed by atoms with Gasteiger partial charge < -0.3 is 16.2 Å². The first kappa shape index (κ1) is 41.1. The van der Waals surface area contributed by atoms with Crippen molar-refractivity contribution in [3.63, 3.8) is 0 Å². The Balaban J connectivity index is 0. The number of primary amides is 1. The molecule has 0 spiro atoms. The van der Waals surface area contributed by atoms with Crippen molar-refractivity contribution in [2.75, 3.05) is 17.4 Å². The predicted octanol–water partition coefficient (Wildman–Crippen LogP) is 4.75. The van der Waals surface area contributed by atoms with E-state index in [9.17, 15) is 49.6 Å². The molecular formula is C28H32F7N3O4S. The molecule has 2 amide bonds. The van der Waals surface area contributed by atoms with E-state index in [2.05, 4.69) is 36.7 Å². The number of amides is 2. The van der Waals surface area contributed by atoms with E-state index in [0.29, 0.717) is 18.6 Å². The summed E-state index contributed by atoms with van der Waals surface area (Å²) in [5.41, 5.74) is -1.41. The molecule has 0 radical (unpaired) electrons.